The van der Waals surface area contributed by atoms with Crippen LogP contribution in [0.15, 0.2) is 0 Å². The summed E-state index contributed by atoms with van der Waals surface area (Å²) in [5.74, 6) is 2.68. The van der Waals surface area contributed by atoms with Crippen molar-refractivity contribution in [2.45, 2.75) is 39.5 Å². The summed E-state index contributed by atoms with van der Waals surface area (Å²) in [6.07, 6.45) is 5.43. The highest BCUT2D eigenvalue weighted by Crippen LogP contribution is 2.23. The van der Waals surface area contributed by atoms with Crippen LogP contribution in [0.3, 0.4) is 0 Å². The lowest BCUT2D eigenvalue weighted by Crippen LogP contribution is -1.76. The predicted octanol–water partition coefficient (Wildman–Crippen LogP) is 4.08. The van der Waals surface area contributed by atoms with Crippen molar-refractivity contribution in [3.05, 3.63) is 0 Å². The summed E-state index contributed by atoms with van der Waals surface area (Å²) in [7, 11) is 4.07. The Bertz CT molecular complexity index is 49.3. The fraction of sp³-hybridized carbons (Fsp3) is 1.00. The fourth-order valence-corrected chi connectivity index (χ4v) is 2.99. The number of unbranched alkanes of at least 4 members (excludes halogenated alkanes) is 2. The highest BCUT2D eigenvalue weighted by molar-refractivity contribution is 8.76. The normalized spacial score (nSPS) is 9.27. The van der Waals surface area contributed by atoms with E-state index in [1.54, 1.807) is 0 Å². The third kappa shape index (κ3) is 14.0. The Morgan fingerprint density at radius 2 is 1.18 bits per heavy atom. The van der Waals surface area contributed by atoms with Crippen LogP contribution in [0.25, 0.3) is 0 Å². The first-order chi connectivity index (χ1) is 4.91. The van der Waals surface area contributed by atoms with E-state index in [0.717, 1.165) is 0 Å². The molecule has 0 aromatic heterocycles. The van der Waals surface area contributed by atoms with Crippen molar-refractivity contribution < 1.29 is 0 Å². The van der Waals surface area contributed by atoms with Crippen molar-refractivity contribution in [1.29, 1.82) is 0 Å². The predicted molar refractivity (Wildman–Crippen MR) is 65.1 cm³/mol. The Morgan fingerprint density at radius 1 is 0.818 bits per heavy atom. The maximum absolute atomic E-state index is 2.25. The van der Waals surface area contributed by atoms with Gasteiger partial charge in [0.2, 0.25) is 0 Å². The summed E-state index contributed by atoms with van der Waals surface area (Å²) in [6, 6.07) is 0. The third-order valence-corrected chi connectivity index (χ3v) is 3.82. The average Bonchev–Trinajstić information content (AvgIpc) is 1.97. The minimum absolute atomic E-state index is 0. The fourth-order valence-electron chi connectivity index (χ4n) is 0.524. The Morgan fingerprint density at radius 3 is 1.45 bits per heavy atom. The molecule has 0 amide bonds. The van der Waals surface area contributed by atoms with E-state index >= 15 is 0 Å². The van der Waals surface area contributed by atoms with Gasteiger partial charge >= 0.3 is 0 Å². The summed E-state index contributed by atoms with van der Waals surface area (Å²) in [5, 5.41) is 0. The van der Waals surface area contributed by atoms with Gasteiger partial charge in [0.05, 0.1) is 0 Å². The molecule has 0 unspecified atom stereocenters. The quantitative estimate of drug-likeness (QED) is 0.461. The van der Waals surface area contributed by atoms with E-state index in [2.05, 4.69) is 13.8 Å². The lowest BCUT2D eigenvalue weighted by molar-refractivity contribution is 0.895. The van der Waals surface area contributed by atoms with Crippen LogP contribution < -0.4 is 0 Å². The smallest absolute Gasteiger partial charge is 0.00368 e. The van der Waals surface area contributed by atoms with Gasteiger partial charge in [0.15, 0.2) is 0 Å². The molecule has 0 aliphatic heterocycles. The van der Waals surface area contributed by atoms with Crippen molar-refractivity contribution in [3.8, 4) is 0 Å². The van der Waals surface area contributed by atoms with Crippen LogP contribution in [-0.4, -0.2) is 11.5 Å². The second kappa shape index (κ2) is 13.6. The van der Waals surface area contributed by atoms with Gasteiger partial charge in [0.1, 0.15) is 0 Å². The van der Waals surface area contributed by atoms with E-state index in [9.17, 15) is 0 Å². The molecule has 0 aliphatic carbocycles. The molecule has 0 aromatic rings. The van der Waals surface area contributed by atoms with E-state index in [1.165, 1.54) is 37.2 Å². The first-order valence-electron chi connectivity index (χ1n) is 4.16. The van der Waals surface area contributed by atoms with Crippen LogP contribution in [0.2, 0.25) is 0 Å². The monoisotopic (exact) mass is 212 g/mol. The third-order valence-electron chi connectivity index (χ3n) is 1.25. The molecule has 0 nitrogen and oxygen atoms in total. The minimum Gasteiger partial charge on any atom is -0.197 e. The van der Waals surface area contributed by atoms with E-state index < -0.39 is 0 Å². The Balaban J connectivity index is 0. The SMILES string of the molecule is CCCCSSCCCC.S. The minimum atomic E-state index is 0. The maximum Gasteiger partial charge on any atom is 0.00368 e. The van der Waals surface area contributed by atoms with Crippen molar-refractivity contribution in [2.75, 3.05) is 11.5 Å². The first kappa shape index (κ1) is 14.6. The molecule has 0 spiro atoms. The topological polar surface area (TPSA) is 0 Å². The lowest BCUT2D eigenvalue weighted by Gasteiger charge is -1.97. The van der Waals surface area contributed by atoms with Gasteiger partial charge < -0.3 is 0 Å². The zero-order chi connectivity index (χ0) is 7.66. The summed E-state index contributed by atoms with van der Waals surface area (Å²) in [5.41, 5.74) is 0. The molecule has 70 valence electrons. The second-order valence-corrected chi connectivity index (χ2v) is 5.05. The van der Waals surface area contributed by atoms with E-state index in [0.29, 0.717) is 0 Å². The van der Waals surface area contributed by atoms with Crippen molar-refractivity contribution in [3.63, 3.8) is 0 Å². The molecule has 0 N–H and O–H groups in total. The zero-order valence-electron chi connectivity index (χ0n) is 7.56. The van der Waals surface area contributed by atoms with Crippen LogP contribution in [0, 0.1) is 0 Å². The molecule has 0 aromatic carbocycles. The largest absolute Gasteiger partial charge is 0.197 e. The molecule has 0 saturated carbocycles. The molecule has 0 aliphatic rings. The van der Waals surface area contributed by atoms with E-state index in [4.69, 9.17) is 0 Å². The van der Waals surface area contributed by atoms with E-state index in [1.807, 2.05) is 21.6 Å². The molecule has 3 heteroatoms. The summed E-state index contributed by atoms with van der Waals surface area (Å²) < 4.78 is 0. The highest BCUT2D eigenvalue weighted by atomic mass is 33.1. The molecular weight excluding hydrogens is 192 g/mol. The second-order valence-electron chi connectivity index (χ2n) is 2.35. The maximum atomic E-state index is 2.25. The molecule has 0 fully saturated rings. The van der Waals surface area contributed by atoms with Crippen molar-refractivity contribution in [2.24, 2.45) is 0 Å². The van der Waals surface area contributed by atoms with Crippen molar-refractivity contribution >= 4 is 35.1 Å². The zero-order valence-corrected chi connectivity index (χ0v) is 10.2. The molecule has 0 atom stereocenters. The van der Waals surface area contributed by atoms with E-state index in [-0.39, 0.29) is 13.5 Å². The van der Waals surface area contributed by atoms with Gasteiger partial charge in [-0.25, -0.2) is 0 Å². The first-order valence-corrected chi connectivity index (χ1v) is 6.65. The highest BCUT2D eigenvalue weighted by Gasteiger charge is 1.88. The van der Waals surface area contributed by atoms with Gasteiger partial charge in [-0.2, -0.15) is 13.5 Å². The summed E-state index contributed by atoms with van der Waals surface area (Å²) >= 11 is 0. The summed E-state index contributed by atoms with van der Waals surface area (Å²) in [4.78, 5) is 0. The molecule has 0 radical (unpaired) electrons. The summed E-state index contributed by atoms with van der Waals surface area (Å²) in [6.45, 7) is 4.49. The van der Waals surface area contributed by atoms with Crippen LogP contribution >= 0.6 is 35.1 Å². The molecular formula is C8H20S3. The van der Waals surface area contributed by atoms with Crippen LogP contribution in [-0.2, 0) is 0 Å². The van der Waals surface area contributed by atoms with Crippen LogP contribution in [0.1, 0.15) is 39.5 Å². The van der Waals surface area contributed by atoms with Crippen molar-refractivity contribution in [1.82, 2.24) is 0 Å². The number of hydrogen-bond donors (Lipinski definition) is 0. The molecule has 0 bridgehead atoms. The van der Waals surface area contributed by atoms with Crippen LogP contribution in [0.4, 0.5) is 0 Å². The van der Waals surface area contributed by atoms with Gasteiger partial charge in [0.25, 0.3) is 0 Å². The van der Waals surface area contributed by atoms with Gasteiger partial charge in [0, 0.05) is 11.5 Å². The standard InChI is InChI=1S/C8H18S2.H2S/c1-3-5-7-9-10-8-6-4-2;/h3-8H2,1-2H3;1H2. The van der Waals surface area contributed by atoms with Gasteiger partial charge in [-0.05, 0) is 12.8 Å². The Labute approximate surface area is 86.1 Å². The average molecular weight is 212 g/mol. The van der Waals surface area contributed by atoms with Crippen LogP contribution in [0.5, 0.6) is 0 Å². The van der Waals surface area contributed by atoms with Gasteiger partial charge in [-0.1, -0.05) is 48.3 Å². The molecule has 0 saturated heterocycles. The Kier molecular flexibility index (Phi) is 18.0. The number of hydrogen-bond acceptors (Lipinski definition) is 2. The molecule has 0 heterocycles. The lowest BCUT2D eigenvalue weighted by atomic mass is 10.4. The molecule has 0 rings (SSSR count). The number of rotatable bonds is 7. The molecule has 11 heavy (non-hydrogen) atoms. The van der Waals surface area contributed by atoms with Gasteiger partial charge in [-0.15, -0.1) is 0 Å². The van der Waals surface area contributed by atoms with Gasteiger partial charge in [-0.3, -0.25) is 0 Å². The Hall–Kier alpha value is 1.05.